The monoisotopic (exact) mass is 330 g/mol. The number of aryl methyl sites for hydroxylation is 1. The highest BCUT2D eigenvalue weighted by Gasteiger charge is 2.18. The molecule has 7 heteroatoms. The zero-order valence-electron chi connectivity index (χ0n) is 13.6. The van der Waals surface area contributed by atoms with Gasteiger partial charge in [0, 0.05) is 19.7 Å². The molecule has 1 N–H and O–H groups in total. The number of rotatable bonds is 8. The topological polar surface area (TPSA) is 78.3 Å². The molecule has 0 bridgehead atoms. The first kappa shape index (κ1) is 16.4. The van der Waals surface area contributed by atoms with Crippen LogP contribution in [0.15, 0.2) is 36.9 Å². The third kappa shape index (κ3) is 4.55. The molecule has 0 spiro atoms. The fraction of sp³-hybridized carbons (Fsp3) is 0.471. The number of hydrogen-bond acceptors (Lipinski definition) is 5. The van der Waals surface area contributed by atoms with Crippen LogP contribution in [0.1, 0.15) is 29.6 Å². The van der Waals surface area contributed by atoms with Crippen LogP contribution in [0.2, 0.25) is 0 Å². The van der Waals surface area contributed by atoms with Gasteiger partial charge >= 0.3 is 0 Å². The average molecular weight is 330 g/mol. The van der Waals surface area contributed by atoms with E-state index in [2.05, 4.69) is 15.4 Å². The van der Waals surface area contributed by atoms with Crippen molar-refractivity contribution in [3.63, 3.8) is 0 Å². The molecule has 0 aliphatic carbocycles. The fourth-order valence-electron chi connectivity index (χ4n) is 2.62. The lowest BCUT2D eigenvalue weighted by atomic mass is 10.2. The maximum atomic E-state index is 12.4. The highest BCUT2D eigenvalue weighted by molar-refractivity contribution is 5.96. The Hall–Kier alpha value is -2.41. The second-order valence-corrected chi connectivity index (χ2v) is 5.71. The van der Waals surface area contributed by atoms with Crippen molar-refractivity contribution in [1.29, 1.82) is 0 Å². The number of nitrogens with zero attached hydrogens (tertiary/aromatic N) is 3. The van der Waals surface area contributed by atoms with Crippen LogP contribution in [-0.2, 0) is 11.3 Å². The number of benzene rings is 1. The van der Waals surface area contributed by atoms with Crippen LogP contribution in [-0.4, -0.2) is 46.5 Å². The average Bonchev–Trinajstić information content (AvgIpc) is 3.30. The number of carbonyl (C=O) groups is 1. The lowest BCUT2D eigenvalue weighted by Gasteiger charge is -2.14. The van der Waals surface area contributed by atoms with Crippen LogP contribution < -0.4 is 10.1 Å². The summed E-state index contributed by atoms with van der Waals surface area (Å²) in [6, 6.07) is 7.30. The van der Waals surface area contributed by atoms with E-state index in [1.807, 2.05) is 18.2 Å². The zero-order valence-corrected chi connectivity index (χ0v) is 13.6. The van der Waals surface area contributed by atoms with E-state index in [0.29, 0.717) is 24.5 Å². The summed E-state index contributed by atoms with van der Waals surface area (Å²) in [6.07, 6.45) is 6.16. The minimum atomic E-state index is -0.128. The SMILES string of the molecule is O=C(NCCCn1cncn1)c1ccccc1OC[C@@H]1CCCO1. The summed E-state index contributed by atoms with van der Waals surface area (Å²) in [5, 5.41) is 6.95. The van der Waals surface area contributed by atoms with Crippen molar-refractivity contribution in [3.05, 3.63) is 42.5 Å². The minimum absolute atomic E-state index is 0.128. The molecule has 1 aromatic carbocycles. The molecule has 1 aromatic heterocycles. The summed E-state index contributed by atoms with van der Waals surface area (Å²) in [6.45, 7) is 2.56. The van der Waals surface area contributed by atoms with Gasteiger partial charge in [0.2, 0.25) is 0 Å². The number of nitrogens with one attached hydrogen (secondary N) is 1. The summed E-state index contributed by atoms with van der Waals surface area (Å²) in [7, 11) is 0. The van der Waals surface area contributed by atoms with E-state index < -0.39 is 0 Å². The molecule has 7 nitrogen and oxygen atoms in total. The van der Waals surface area contributed by atoms with Gasteiger partial charge in [0.15, 0.2) is 0 Å². The predicted molar refractivity (Wildman–Crippen MR) is 87.9 cm³/mol. The van der Waals surface area contributed by atoms with Gasteiger partial charge < -0.3 is 14.8 Å². The lowest BCUT2D eigenvalue weighted by molar-refractivity contribution is 0.0670. The standard InChI is InChI=1S/C17H22N4O3/c22-17(19-8-4-9-21-13-18-12-20-21)15-6-1-2-7-16(15)24-11-14-5-3-10-23-14/h1-2,6-7,12-14H,3-5,8-11H2,(H,19,22)/t14-/m0/s1. The molecule has 1 aliphatic rings. The molecule has 1 fully saturated rings. The molecule has 1 amide bonds. The Kier molecular flexibility index (Phi) is 5.79. The summed E-state index contributed by atoms with van der Waals surface area (Å²) < 4.78 is 13.1. The fourth-order valence-corrected chi connectivity index (χ4v) is 2.62. The number of para-hydroxylation sites is 1. The Labute approximate surface area is 141 Å². The molecule has 0 radical (unpaired) electrons. The third-order valence-electron chi connectivity index (χ3n) is 3.90. The van der Waals surface area contributed by atoms with Crippen molar-refractivity contribution in [3.8, 4) is 5.75 Å². The predicted octanol–water partition coefficient (Wildman–Crippen LogP) is 1.66. The number of hydrogen-bond donors (Lipinski definition) is 1. The molecule has 2 heterocycles. The summed E-state index contributed by atoms with van der Waals surface area (Å²) >= 11 is 0. The highest BCUT2D eigenvalue weighted by atomic mass is 16.5. The Morgan fingerprint density at radius 2 is 2.33 bits per heavy atom. The van der Waals surface area contributed by atoms with Gasteiger partial charge in [0.1, 0.15) is 25.0 Å². The number of aromatic nitrogens is 3. The van der Waals surface area contributed by atoms with Crippen molar-refractivity contribution >= 4 is 5.91 Å². The number of carbonyl (C=O) groups excluding carboxylic acids is 1. The van der Waals surface area contributed by atoms with Crippen LogP contribution >= 0.6 is 0 Å². The van der Waals surface area contributed by atoms with Crippen molar-refractivity contribution < 1.29 is 14.3 Å². The van der Waals surface area contributed by atoms with Gasteiger partial charge in [-0.05, 0) is 31.4 Å². The van der Waals surface area contributed by atoms with Crippen LogP contribution in [0.4, 0.5) is 0 Å². The number of amides is 1. The van der Waals surface area contributed by atoms with E-state index in [9.17, 15) is 4.79 Å². The first-order chi connectivity index (χ1) is 11.8. The van der Waals surface area contributed by atoms with Gasteiger partial charge in [0.05, 0.1) is 11.7 Å². The maximum Gasteiger partial charge on any atom is 0.255 e. The zero-order chi connectivity index (χ0) is 16.6. The molecule has 1 aliphatic heterocycles. The van der Waals surface area contributed by atoms with Crippen LogP contribution in [0.25, 0.3) is 0 Å². The highest BCUT2D eigenvalue weighted by Crippen LogP contribution is 2.20. The first-order valence-electron chi connectivity index (χ1n) is 8.27. The lowest BCUT2D eigenvalue weighted by Crippen LogP contribution is -2.26. The molecule has 1 atom stereocenters. The normalized spacial score (nSPS) is 16.9. The smallest absolute Gasteiger partial charge is 0.255 e. The molecule has 2 aromatic rings. The molecular formula is C17H22N4O3. The Balaban J connectivity index is 1.48. The van der Waals surface area contributed by atoms with Crippen molar-refractivity contribution in [2.24, 2.45) is 0 Å². The molecule has 3 rings (SSSR count). The molecule has 1 saturated heterocycles. The van der Waals surface area contributed by atoms with Gasteiger partial charge in [-0.25, -0.2) is 4.98 Å². The van der Waals surface area contributed by atoms with Crippen molar-refractivity contribution in [2.75, 3.05) is 19.8 Å². The largest absolute Gasteiger partial charge is 0.490 e. The maximum absolute atomic E-state index is 12.4. The van der Waals surface area contributed by atoms with Gasteiger partial charge in [-0.15, -0.1) is 0 Å². The molecular weight excluding hydrogens is 308 g/mol. The Morgan fingerprint density at radius 1 is 1.42 bits per heavy atom. The van der Waals surface area contributed by atoms with E-state index >= 15 is 0 Å². The van der Waals surface area contributed by atoms with Crippen molar-refractivity contribution in [2.45, 2.75) is 31.9 Å². The van der Waals surface area contributed by atoms with Crippen LogP contribution in [0, 0.1) is 0 Å². The van der Waals surface area contributed by atoms with Crippen LogP contribution in [0.3, 0.4) is 0 Å². The van der Waals surface area contributed by atoms with Crippen LogP contribution in [0.5, 0.6) is 5.75 Å². The van der Waals surface area contributed by atoms with Gasteiger partial charge in [0.25, 0.3) is 5.91 Å². The van der Waals surface area contributed by atoms with Gasteiger partial charge in [-0.3, -0.25) is 9.48 Å². The molecule has 0 saturated carbocycles. The minimum Gasteiger partial charge on any atom is -0.490 e. The summed E-state index contributed by atoms with van der Waals surface area (Å²) in [5.41, 5.74) is 0.552. The number of ether oxygens (including phenoxy) is 2. The summed E-state index contributed by atoms with van der Waals surface area (Å²) in [4.78, 5) is 16.3. The first-order valence-corrected chi connectivity index (χ1v) is 8.27. The second-order valence-electron chi connectivity index (χ2n) is 5.71. The van der Waals surface area contributed by atoms with E-state index in [-0.39, 0.29) is 12.0 Å². The second kappa shape index (κ2) is 8.44. The van der Waals surface area contributed by atoms with Gasteiger partial charge in [-0.1, -0.05) is 12.1 Å². The van der Waals surface area contributed by atoms with Gasteiger partial charge in [-0.2, -0.15) is 5.10 Å². The Bertz CT molecular complexity index is 639. The quantitative estimate of drug-likeness (QED) is 0.745. The van der Waals surface area contributed by atoms with E-state index in [4.69, 9.17) is 9.47 Å². The Morgan fingerprint density at radius 3 is 3.12 bits per heavy atom. The molecule has 128 valence electrons. The molecule has 24 heavy (non-hydrogen) atoms. The molecule has 0 unspecified atom stereocenters. The van der Waals surface area contributed by atoms with E-state index in [1.54, 1.807) is 17.1 Å². The van der Waals surface area contributed by atoms with E-state index in [1.165, 1.54) is 6.33 Å². The third-order valence-corrected chi connectivity index (χ3v) is 3.90. The van der Waals surface area contributed by atoms with Crippen molar-refractivity contribution in [1.82, 2.24) is 20.1 Å². The van der Waals surface area contributed by atoms with E-state index in [0.717, 1.165) is 32.4 Å². The summed E-state index contributed by atoms with van der Waals surface area (Å²) in [5.74, 6) is 0.471.